The van der Waals surface area contributed by atoms with E-state index in [9.17, 15) is 14.7 Å². The smallest absolute Gasteiger partial charge is 0.220 e. The molecule has 5 N–H and O–H groups in total. The van der Waals surface area contributed by atoms with Crippen LogP contribution in [0, 0.1) is 6.92 Å². The molecule has 1 amide bonds. The fraction of sp³-hybridized carbons (Fsp3) is 0.500. The summed E-state index contributed by atoms with van der Waals surface area (Å²) in [6.45, 7) is 0.641. The number of aromatic hydroxyl groups is 1. The van der Waals surface area contributed by atoms with Crippen LogP contribution in [0.4, 0.5) is 0 Å². The van der Waals surface area contributed by atoms with Crippen molar-refractivity contribution in [3.63, 3.8) is 0 Å². The molecule has 1 aromatic rings. The van der Waals surface area contributed by atoms with Crippen LogP contribution in [0.5, 0.6) is 5.75 Å². The zero-order valence-corrected chi connectivity index (χ0v) is 12.2. The van der Waals surface area contributed by atoms with Crippen molar-refractivity contribution in [2.24, 2.45) is 0 Å². The Hall–Kier alpha value is -2.03. The summed E-state index contributed by atoms with van der Waals surface area (Å²) >= 11 is 0. The lowest BCUT2D eigenvalue weighted by atomic mass is 10.1. The Labute approximate surface area is 127 Å². The minimum Gasteiger partial charge on any atom is -0.506 e. The van der Waals surface area contributed by atoms with Crippen molar-refractivity contribution in [3.8, 4) is 5.75 Å². The molecule has 1 atom stereocenters. The first kappa shape index (κ1) is 18.0. The molecule has 8 heteroatoms. The highest BCUT2D eigenvalue weighted by Crippen LogP contribution is 2.23. The summed E-state index contributed by atoms with van der Waals surface area (Å²) in [6.07, 6.45) is 2.37. The van der Waals surface area contributed by atoms with Crippen molar-refractivity contribution >= 4 is 11.7 Å². The Morgan fingerprint density at radius 2 is 2.05 bits per heavy atom. The average Bonchev–Trinajstić information content (AvgIpc) is 2.96. The zero-order valence-electron chi connectivity index (χ0n) is 12.2. The van der Waals surface area contributed by atoms with Crippen molar-refractivity contribution in [2.45, 2.75) is 39.0 Å². The Morgan fingerprint density at radius 3 is 2.50 bits per heavy atom. The average molecular weight is 312 g/mol. The number of ketones is 1. The fourth-order valence-corrected chi connectivity index (χ4v) is 1.96. The highest BCUT2D eigenvalue weighted by atomic mass is 16.3. The number of amides is 1. The molecule has 0 spiro atoms. The standard InChI is InChI=1S/C8H11NO3.C6H9NO3/c1-5-8(12)7(4-11)6(3-10)2-9-5;8-3-5(9)4-1-2-6(10)7-4/h2,10-12H,3-4H2,1H3;4,8H,1-3H2,(H,7,10)/t;4-/m.0/s1. The molecular formula is C14H20N2O6. The number of pyridine rings is 1. The number of carbonyl (C=O) groups excluding carboxylic acids is 2. The van der Waals surface area contributed by atoms with Gasteiger partial charge in [-0.15, -0.1) is 0 Å². The van der Waals surface area contributed by atoms with Gasteiger partial charge in [-0.05, 0) is 13.3 Å². The van der Waals surface area contributed by atoms with E-state index >= 15 is 0 Å². The predicted octanol–water partition coefficient (Wildman–Crippen LogP) is -1.09. The van der Waals surface area contributed by atoms with Gasteiger partial charge in [0, 0.05) is 23.7 Å². The van der Waals surface area contributed by atoms with Gasteiger partial charge in [-0.25, -0.2) is 0 Å². The van der Waals surface area contributed by atoms with Crippen LogP contribution in [0.25, 0.3) is 0 Å². The summed E-state index contributed by atoms with van der Waals surface area (Å²) in [5.74, 6) is -0.443. The van der Waals surface area contributed by atoms with Crippen LogP contribution in [0.15, 0.2) is 6.20 Å². The number of hydrogen-bond acceptors (Lipinski definition) is 7. The quantitative estimate of drug-likeness (QED) is 0.475. The number of nitrogens with zero attached hydrogens (tertiary/aromatic N) is 1. The van der Waals surface area contributed by atoms with Crippen molar-refractivity contribution in [1.29, 1.82) is 0 Å². The normalized spacial score (nSPS) is 16.7. The third kappa shape index (κ3) is 4.48. The molecule has 22 heavy (non-hydrogen) atoms. The Kier molecular flexibility index (Phi) is 6.90. The number of carbonyl (C=O) groups is 2. The molecule has 1 aliphatic rings. The van der Waals surface area contributed by atoms with Crippen molar-refractivity contribution < 1.29 is 30.0 Å². The van der Waals surface area contributed by atoms with E-state index in [-0.39, 0.29) is 30.7 Å². The molecule has 0 unspecified atom stereocenters. The lowest BCUT2D eigenvalue weighted by molar-refractivity contribution is -0.126. The molecule has 1 saturated heterocycles. The van der Waals surface area contributed by atoms with Gasteiger partial charge in [0.05, 0.1) is 24.9 Å². The number of aromatic nitrogens is 1. The van der Waals surface area contributed by atoms with Crippen LogP contribution in [0.1, 0.15) is 29.7 Å². The van der Waals surface area contributed by atoms with Gasteiger partial charge in [0.15, 0.2) is 5.78 Å². The molecule has 1 aliphatic heterocycles. The molecular weight excluding hydrogens is 292 g/mol. The van der Waals surface area contributed by atoms with E-state index in [2.05, 4.69) is 10.3 Å². The lowest BCUT2D eigenvalue weighted by Crippen LogP contribution is -2.34. The predicted molar refractivity (Wildman–Crippen MR) is 75.7 cm³/mol. The molecule has 0 radical (unpaired) electrons. The van der Waals surface area contributed by atoms with Crippen molar-refractivity contribution in [2.75, 3.05) is 6.61 Å². The monoisotopic (exact) mass is 312 g/mol. The number of Topliss-reactive ketones (excluding diaryl/α,β-unsaturated/α-hetero) is 1. The largest absolute Gasteiger partial charge is 0.506 e. The maximum absolute atomic E-state index is 10.7. The number of aliphatic hydroxyl groups excluding tert-OH is 3. The molecule has 0 bridgehead atoms. The molecule has 0 saturated carbocycles. The summed E-state index contributed by atoms with van der Waals surface area (Å²) in [7, 11) is 0. The van der Waals surface area contributed by atoms with E-state index in [1.165, 1.54) is 6.20 Å². The minimum absolute atomic E-state index is 0.0379. The molecule has 2 rings (SSSR count). The first-order valence-electron chi connectivity index (χ1n) is 6.75. The van der Waals surface area contributed by atoms with Gasteiger partial charge >= 0.3 is 0 Å². The van der Waals surface area contributed by atoms with Gasteiger partial charge in [0.25, 0.3) is 0 Å². The highest BCUT2D eigenvalue weighted by molar-refractivity contribution is 5.92. The second-order valence-corrected chi connectivity index (χ2v) is 4.80. The molecule has 122 valence electrons. The van der Waals surface area contributed by atoms with Crippen LogP contribution < -0.4 is 5.32 Å². The summed E-state index contributed by atoms with van der Waals surface area (Å²) in [5.41, 5.74) is 1.27. The number of rotatable bonds is 4. The van der Waals surface area contributed by atoms with E-state index in [4.69, 9.17) is 15.3 Å². The maximum Gasteiger partial charge on any atom is 0.220 e. The van der Waals surface area contributed by atoms with Crippen LogP contribution in [0.2, 0.25) is 0 Å². The van der Waals surface area contributed by atoms with Gasteiger partial charge < -0.3 is 25.7 Å². The molecule has 1 fully saturated rings. The van der Waals surface area contributed by atoms with Crippen LogP contribution in [-0.2, 0) is 22.8 Å². The van der Waals surface area contributed by atoms with Gasteiger partial charge in [0.2, 0.25) is 5.91 Å². The van der Waals surface area contributed by atoms with E-state index in [1.807, 2.05) is 0 Å². The summed E-state index contributed by atoms with van der Waals surface area (Å²) < 4.78 is 0. The molecule has 8 nitrogen and oxygen atoms in total. The number of hydrogen-bond donors (Lipinski definition) is 5. The SMILES string of the molecule is Cc1ncc(CO)c(CO)c1O.O=C1CC[C@@H](C(=O)CO)N1. The van der Waals surface area contributed by atoms with Crippen molar-refractivity contribution in [1.82, 2.24) is 10.3 Å². The summed E-state index contributed by atoms with van der Waals surface area (Å²) in [4.78, 5) is 25.1. The van der Waals surface area contributed by atoms with Crippen LogP contribution in [-0.4, -0.2) is 49.7 Å². The van der Waals surface area contributed by atoms with E-state index in [0.717, 1.165) is 0 Å². The van der Waals surface area contributed by atoms with Gasteiger partial charge in [-0.1, -0.05) is 0 Å². The Bertz CT molecular complexity index is 546. The number of nitrogens with one attached hydrogen (secondary N) is 1. The topological polar surface area (TPSA) is 140 Å². The molecule has 0 aliphatic carbocycles. The third-order valence-corrected chi connectivity index (χ3v) is 3.30. The van der Waals surface area contributed by atoms with Crippen molar-refractivity contribution in [3.05, 3.63) is 23.0 Å². The Balaban J connectivity index is 0.000000224. The third-order valence-electron chi connectivity index (χ3n) is 3.30. The van der Waals surface area contributed by atoms with Crippen LogP contribution >= 0.6 is 0 Å². The first-order valence-corrected chi connectivity index (χ1v) is 6.75. The maximum atomic E-state index is 10.7. The second-order valence-electron chi connectivity index (χ2n) is 4.80. The van der Waals surface area contributed by atoms with Gasteiger partial charge in [0.1, 0.15) is 12.4 Å². The highest BCUT2D eigenvalue weighted by Gasteiger charge is 2.25. The van der Waals surface area contributed by atoms with E-state index in [1.54, 1.807) is 6.92 Å². The molecule has 0 aromatic carbocycles. The number of aryl methyl sites for hydroxylation is 1. The van der Waals surface area contributed by atoms with Gasteiger partial charge in [-0.2, -0.15) is 0 Å². The summed E-state index contributed by atoms with van der Waals surface area (Å²) in [6, 6.07) is -0.433. The molecule has 1 aromatic heterocycles. The van der Waals surface area contributed by atoms with Crippen LogP contribution in [0.3, 0.4) is 0 Å². The minimum atomic E-state index is -0.481. The van der Waals surface area contributed by atoms with E-state index < -0.39 is 12.6 Å². The zero-order chi connectivity index (χ0) is 16.7. The van der Waals surface area contributed by atoms with Gasteiger partial charge in [-0.3, -0.25) is 14.6 Å². The first-order chi connectivity index (χ1) is 10.4. The number of aliphatic hydroxyl groups is 3. The molecule has 2 heterocycles. The lowest BCUT2D eigenvalue weighted by Gasteiger charge is -2.07. The summed E-state index contributed by atoms with van der Waals surface area (Å²) in [5, 5.41) is 37.9. The van der Waals surface area contributed by atoms with E-state index in [0.29, 0.717) is 29.7 Å². The second kappa shape index (κ2) is 8.42. The Morgan fingerprint density at radius 1 is 1.36 bits per heavy atom. The fourth-order valence-electron chi connectivity index (χ4n) is 1.96.